The third kappa shape index (κ3) is 7.07. The lowest BCUT2D eigenvalue weighted by molar-refractivity contribution is 0.0600. The molecular formula is C24H28N2O4S. The van der Waals surface area contributed by atoms with Gasteiger partial charge in [0, 0.05) is 11.3 Å². The molecule has 0 atom stereocenters. The molecule has 0 radical (unpaired) electrons. The highest BCUT2D eigenvalue weighted by Gasteiger charge is 2.14. The second kappa shape index (κ2) is 11.5. The number of hydrogen-bond acceptors (Lipinski definition) is 5. The number of thiocarbonyl (C=S) groups is 1. The molecule has 1 saturated carbocycles. The van der Waals surface area contributed by atoms with Crippen molar-refractivity contribution in [2.24, 2.45) is 5.92 Å². The number of nitrogens with one attached hydrogen (secondary N) is 2. The van der Waals surface area contributed by atoms with Gasteiger partial charge in [0.25, 0.3) is 5.91 Å². The molecule has 2 N–H and O–H groups in total. The van der Waals surface area contributed by atoms with E-state index in [1.54, 1.807) is 18.2 Å². The quantitative estimate of drug-likeness (QED) is 0.469. The molecular weight excluding hydrogens is 412 g/mol. The smallest absolute Gasteiger partial charge is 0.337 e. The summed E-state index contributed by atoms with van der Waals surface area (Å²) in [5, 5.41) is 5.76. The number of carbonyl (C=O) groups is 2. The van der Waals surface area contributed by atoms with Gasteiger partial charge in [-0.05, 0) is 67.0 Å². The van der Waals surface area contributed by atoms with Gasteiger partial charge in [-0.2, -0.15) is 0 Å². The van der Waals surface area contributed by atoms with Crippen LogP contribution in [0.15, 0.2) is 48.5 Å². The monoisotopic (exact) mass is 440 g/mol. The van der Waals surface area contributed by atoms with Crippen LogP contribution in [0.25, 0.3) is 0 Å². The van der Waals surface area contributed by atoms with Crippen LogP contribution in [-0.4, -0.2) is 30.7 Å². The topological polar surface area (TPSA) is 76.7 Å². The van der Waals surface area contributed by atoms with E-state index in [-0.39, 0.29) is 5.11 Å². The Hall–Kier alpha value is -2.93. The summed E-state index contributed by atoms with van der Waals surface area (Å²) in [6.07, 6.45) is 7.81. The van der Waals surface area contributed by atoms with Crippen molar-refractivity contribution < 1.29 is 19.1 Å². The number of anilines is 1. The van der Waals surface area contributed by atoms with Crippen molar-refractivity contribution in [1.29, 1.82) is 0 Å². The lowest BCUT2D eigenvalue weighted by Gasteiger charge is -2.21. The van der Waals surface area contributed by atoms with Crippen LogP contribution in [0.1, 0.15) is 59.2 Å². The molecule has 7 heteroatoms. The fourth-order valence-electron chi connectivity index (χ4n) is 3.70. The molecule has 0 aromatic heterocycles. The van der Waals surface area contributed by atoms with Crippen LogP contribution >= 0.6 is 12.2 Å². The molecule has 1 fully saturated rings. The normalized spacial score (nSPS) is 13.8. The summed E-state index contributed by atoms with van der Waals surface area (Å²) in [4.78, 5) is 24.0. The van der Waals surface area contributed by atoms with Crippen LogP contribution in [-0.2, 0) is 4.74 Å². The largest absolute Gasteiger partial charge is 0.494 e. The van der Waals surface area contributed by atoms with Crippen molar-refractivity contribution in [1.82, 2.24) is 5.32 Å². The number of rotatable bonds is 7. The molecule has 31 heavy (non-hydrogen) atoms. The first-order valence-electron chi connectivity index (χ1n) is 10.6. The van der Waals surface area contributed by atoms with Gasteiger partial charge in [-0.1, -0.05) is 38.2 Å². The summed E-state index contributed by atoms with van der Waals surface area (Å²) in [5.41, 5.74) is 1.36. The van der Waals surface area contributed by atoms with E-state index in [0.29, 0.717) is 11.1 Å². The Morgan fingerprint density at radius 2 is 1.74 bits per heavy atom. The molecule has 0 heterocycles. The molecule has 2 aromatic carbocycles. The van der Waals surface area contributed by atoms with Crippen LogP contribution < -0.4 is 15.4 Å². The SMILES string of the molecule is COC(=O)c1cccc(C(=O)NC(=S)Nc2ccc(OCCC3CCCCC3)cc2)c1. The maximum Gasteiger partial charge on any atom is 0.337 e. The number of methoxy groups -OCH3 is 1. The number of hydrogen-bond donors (Lipinski definition) is 2. The van der Waals surface area contributed by atoms with E-state index in [0.717, 1.165) is 30.4 Å². The predicted octanol–water partition coefficient (Wildman–Crippen LogP) is 4.95. The Labute approximate surface area is 188 Å². The second-order valence-corrected chi connectivity index (χ2v) is 8.05. The summed E-state index contributed by atoms with van der Waals surface area (Å²) < 4.78 is 10.5. The fraction of sp³-hybridized carbons (Fsp3) is 0.375. The lowest BCUT2D eigenvalue weighted by Crippen LogP contribution is -2.34. The molecule has 3 rings (SSSR count). The van der Waals surface area contributed by atoms with E-state index in [1.807, 2.05) is 24.3 Å². The van der Waals surface area contributed by atoms with E-state index < -0.39 is 11.9 Å². The Kier molecular flexibility index (Phi) is 8.41. The average Bonchev–Trinajstić information content (AvgIpc) is 2.80. The van der Waals surface area contributed by atoms with Crippen LogP contribution in [0, 0.1) is 5.92 Å². The van der Waals surface area contributed by atoms with Crippen molar-refractivity contribution in [2.75, 3.05) is 19.0 Å². The summed E-state index contributed by atoms with van der Waals surface area (Å²) in [5.74, 6) is 0.697. The van der Waals surface area contributed by atoms with Crippen molar-refractivity contribution in [3.63, 3.8) is 0 Å². The number of benzene rings is 2. The van der Waals surface area contributed by atoms with Crippen molar-refractivity contribution in [2.45, 2.75) is 38.5 Å². The van der Waals surface area contributed by atoms with Gasteiger partial charge in [-0.25, -0.2) is 4.79 Å². The van der Waals surface area contributed by atoms with Gasteiger partial charge in [0.05, 0.1) is 19.3 Å². The summed E-state index contributed by atoms with van der Waals surface area (Å²) in [7, 11) is 1.29. The average molecular weight is 441 g/mol. The molecule has 0 unspecified atom stereocenters. The zero-order valence-corrected chi connectivity index (χ0v) is 18.5. The fourth-order valence-corrected chi connectivity index (χ4v) is 3.91. The van der Waals surface area contributed by atoms with Crippen LogP contribution in [0.5, 0.6) is 5.75 Å². The number of amides is 1. The predicted molar refractivity (Wildman–Crippen MR) is 125 cm³/mol. The zero-order chi connectivity index (χ0) is 22.1. The lowest BCUT2D eigenvalue weighted by atomic mass is 9.87. The maximum atomic E-state index is 12.4. The summed E-state index contributed by atoms with van der Waals surface area (Å²) in [6, 6.07) is 13.7. The Morgan fingerprint density at radius 3 is 2.45 bits per heavy atom. The first kappa shape index (κ1) is 22.7. The molecule has 1 aliphatic rings. The molecule has 164 valence electrons. The molecule has 1 aliphatic carbocycles. The minimum absolute atomic E-state index is 0.166. The molecule has 2 aromatic rings. The third-order valence-electron chi connectivity index (χ3n) is 5.40. The van der Waals surface area contributed by atoms with Crippen LogP contribution in [0.2, 0.25) is 0 Å². The third-order valence-corrected chi connectivity index (χ3v) is 5.61. The molecule has 0 aliphatic heterocycles. The van der Waals surface area contributed by atoms with Gasteiger partial charge < -0.3 is 14.8 Å². The van der Waals surface area contributed by atoms with Crippen molar-refractivity contribution >= 4 is 34.9 Å². The Morgan fingerprint density at radius 1 is 1.03 bits per heavy atom. The van der Waals surface area contributed by atoms with E-state index in [9.17, 15) is 9.59 Å². The van der Waals surface area contributed by atoms with Crippen molar-refractivity contribution in [3.8, 4) is 5.75 Å². The van der Waals surface area contributed by atoms with Gasteiger partial charge in [-0.15, -0.1) is 0 Å². The first-order valence-corrected chi connectivity index (χ1v) is 11.0. The molecule has 0 bridgehead atoms. The van der Waals surface area contributed by atoms with E-state index in [1.165, 1.54) is 45.3 Å². The van der Waals surface area contributed by atoms with Crippen molar-refractivity contribution in [3.05, 3.63) is 59.7 Å². The number of ether oxygens (including phenoxy) is 2. The minimum Gasteiger partial charge on any atom is -0.494 e. The van der Waals surface area contributed by atoms with Crippen LogP contribution in [0.3, 0.4) is 0 Å². The maximum absolute atomic E-state index is 12.4. The number of carbonyl (C=O) groups excluding carboxylic acids is 2. The Bertz CT molecular complexity index is 908. The molecule has 0 saturated heterocycles. The molecule has 1 amide bonds. The summed E-state index contributed by atoms with van der Waals surface area (Å²) >= 11 is 5.23. The first-order chi connectivity index (χ1) is 15.0. The van der Waals surface area contributed by atoms with Gasteiger partial charge in [0.2, 0.25) is 0 Å². The highest BCUT2D eigenvalue weighted by Crippen LogP contribution is 2.26. The van der Waals surface area contributed by atoms with Gasteiger partial charge >= 0.3 is 5.97 Å². The van der Waals surface area contributed by atoms with Gasteiger partial charge in [0.15, 0.2) is 5.11 Å². The summed E-state index contributed by atoms with van der Waals surface area (Å²) in [6.45, 7) is 0.733. The van der Waals surface area contributed by atoms with E-state index in [2.05, 4.69) is 15.4 Å². The molecule has 0 spiro atoms. The second-order valence-electron chi connectivity index (χ2n) is 7.65. The van der Waals surface area contributed by atoms with Gasteiger partial charge in [0.1, 0.15) is 5.75 Å². The van der Waals surface area contributed by atoms with E-state index in [4.69, 9.17) is 17.0 Å². The van der Waals surface area contributed by atoms with Crippen LogP contribution in [0.4, 0.5) is 5.69 Å². The molecule has 6 nitrogen and oxygen atoms in total. The van der Waals surface area contributed by atoms with Gasteiger partial charge in [-0.3, -0.25) is 10.1 Å². The highest BCUT2D eigenvalue weighted by atomic mass is 32.1. The highest BCUT2D eigenvalue weighted by molar-refractivity contribution is 7.80. The standard InChI is InChI=1S/C24H28N2O4S/c1-29-23(28)19-9-5-8-18(16-19)22(27)26-24(31)25-20-10-12-21(13-11-20)30-15-14-17-6-3-2-4-7-17/h5,8-13,16-17H,2-4,6-7,14-15H2,1H3,(H2,25,26,27,31). The zero-order valence-electron chi connectivity index (χ0n) is 17.7. The Balaban J connectivity index is 1.45. The minimum atomic E-state index is -0.503. The number of esters is 1. The van der Waals surface area contributed by atoms with E-state index >= 15 is 0 Å².